The van der Waals surface area contributed by atoms with Gasteiger partial charge in [0, 0.05) is 0 Å². The van der Waals surface area contributed by atoms with E-state index >= 15 is 0 Å². The molecule has 0 atom stereocenters. The van der Waals surface area contributed by atoms with E-state index in [1.807, 2.05) is 6.92 Å². The van der Waals surface area contributed by atoms with Crippen molar-refractivity contribution in [2.75, 3.05) is 5.32 Å². The largest absolute Gasteiger partial charge is 0.478 e. The Bertz CT molecular complexity index is 635. The highest BCUT2D eigenvalue weighted by molar-refractivity contribution is 7.11. The van der Waals surface area contributed by atoms with Crippen LogP contribution in [0.5, 0.6) is 0 Å². The summed E-state index contributed by atoms with van der Waals surface area (Å²) in [5.41, 5.74) is 1.00. The molecule has 7 nitrogen and oxygen atoms in total. The van der Waals surface area contributed by atoms with E-state index in [0.717, 1.165) is 23.1 Å². The molecule has 0 radical (unpaired) electrons. The van der Waals surface area contributed by atoms with Crippen LogP contribution < -0.4 is 5.32 Å². The number of hydrogen-bond donors (Lipinski definition) is 2. The van der Waals surface area contributed by atoms with Crippen LogP contribution in [0.2, 0.25) is 0 Å². The van der Waals surface area contributed by atoms with Crippen LogP contribution in [0.4, 0.5) is 5.00 Å². The normalized spacial score (nSPS) is 10.4. The second-order valence-corrected chi connectivity index (χ2v) is 5.16. The first-order chi connectivity index (χ1) is 9.04. The third-order valence-corrected chi connectivity index (χ3v) is 4.02. The van der Waals surface area contributed by atoms with Crippen molar-refractivity contribution in [2.24, 2.45) is 0 Å². The van der Waals surface area contributed by atoms with Crippen LogP contribution in [0, 0.1) is 6.92 Å². The van der Waals surface area contributed by atoms with E-state index < -0.39 is 11.9 Å². The Morgan fingerprint density at radius 1 is 1.37 bits per heavy atom. The molecule has 2 N–H and O–H groups in total. The van der Waals surface area contributed by atoms with Gasteiger partial charge in [-0.3, -0.25) is 4.79 Å². The SMILES string of the molecule is CCc1nnsc1C(=O)Nc1snc(C)c1C(=O)O. The molecule has 9 heteroatoms. The molecule has 2 aromatic rings. The lowest BCUT2D eigenvalue weighted by Gasteiger charge is -2.02. The van der Waals surface area contributed by atoms with Crippen LogP contribution in [0.25, 0.3) is 0 Å². The quantitative estimate of drug-likeness (QED) is 0.892. The van der Waals surface area contributed by atoms with Gasteiger partial charge in [0.15, 0.2) is 0 Å². The minimum Gasteiger partial charge on any atom is -0.478 e. The van der Waals surface area contributed by atoms with Gasteiger partial charge in [0.05, 0.1) is 11.4 Å². The van der Waals surface area contributed by atoms with E-state index in [-0.39, 0.29) is 10.6 Å². The first kappa shape index (κ1) is 13.6. The van der Waals surface area contributed by atoms with Gasteiger partial charge in [0.25, 0.3) is 5.91 Å². The molecular formula is C10H10N4O3S2. The molecule has 0 saturated carbocycles. The fourth-order valence-corrected chi connectivity index (χ4v) is 2.91. The average Bonchev–Trinajstić information content (AvgIpc) is 2.95. The summed E-state index contributed by atoms with van der Waals surface area (Å²) in [6.07, 6.45) is 0.590. The summed E-state index contributed by atoms with van der Waals surface area (Å²) < 4.78 is 7.65. The average molecular weight is 298 g/mol. The summed E-state index contributed by atoms with van der Waals surface area (Å²) in [6.45, 7) is 3.45. The summed E-state index contributed by atoms with van der Waals surface area (Å²) in [6, 6.07) is 0. The van der Waals surface area contributed by atoms with Crippen molar-refractivity contribution in [3.63, 3.8) is 0 Å². The van der Waals surface area contributed by atoms with Crippen molar-refractivity contribution >= 4 is 39.9 Å². The van der Waals surface area contributed by atoms with Gasteiger partial charge in [0.1, 0.15) is 15.4 Å². The van der Waals surface area contributed by atoms with E-state index in [2.05, 4.69) is 19.3 Å². The molecule has 0 unspecified atom stereocenters. The number of aryl methyl sites for hydroxylation is 2. The Morgan fingerprint density at radius 2 is 2.11 bits per heavy atom. The Morgan fingerprint density at radius 3 is 2.74 bits per heavy atom. The van der Waals surface area contributed by atoms with Gasteiger partial charge in [-0.15, -0.1) is 5.10 Å². The Kier molecular flexibility index (Phi) is 3.86. The Balaban J connectivity index is 2.27. The molecule has 100 valence electrons. The van der Waals surface area contributed by atoms with Crippen LogP contribution in [0.1, 0.15) is 38.3 Å². The van der Waals surface area contributed by atoms with Crippen molar-refractivity contribution in [1.82, 2.24) is 14.0 Å². The number of carbonyl (C=O) groups excluding carboxylic acids is 1. The fourth-order valence-electron chi connectivity index (χ4n) is 1.48. The third-order valence-electron chi connectivity index (χ3n) is 2.40. The van der Waals surface area contributed by atoms with Gasteiger partial charge in [0.2, 0.25) is 0 Å². The van der Waals surface area contributed by atoms with Crippen molar-refractivity contribution in [3.05, 3.63) is 21.8 Å². The van der Waals surface area contributed by atoms with E-state index in [9.17, 15) is 9.59 Å². The van der Waals surface area contributed by atoms with E-state index in [1.165, 1.54) is 0 Å². The number of carbonyl (C=O) groups is 2. The van der Waals surface area contributed by atoms with E-state index in [1.54, 1.807) is 6.92 Å². The lowest BCUT2D eigenvalue weighted by Crippen LogP contribution is -2.14. The summed E-state index contributed by atoms with van der Waals surface area (Å²) >= 11 is 1.93. The van der Waals surface area contributed by atoms with Gasteiger partial charge < -0.3 is 10.4 Å². The second-order valence-electron chi connectivity index (χ2n) is 3.63. The molecule has 2 heterocycles. The highest BCUT2D eigenvalue weighted by Crippen LogP contribution is 2.25. The number of rotatable bonds is 4. The maximum absolute atomic E-state index is 12.0. The molecule has 0 aromatic carbocycles. The van der Waals surface area contributed by atoms with Crippen molar-refractivity contribution in [3.8, 4) is 0 Å². The predicted molar refractivity (Wildman–Crippen MR) is 71.1 cm³/mol. The molecule has 1 amide bonds. The van der Waals surface area contributed by atoms with Gasteiger partial charge >= 0.3 is 5.97 Å². The molecule has 0 fully saturated rings. The van der Waals surface area contributed by atoms with Crippen LogP contribution >= 0.6 is 23.1 Å². The number of aromatic carboxylic acids is 1. The Hall–Kier alpha value is -1.87. The number of aromatic nitrogens is 3. The lowest BCUT2D eigenvalue weighted by atomic mass is 10.2. The highest BCUT2D eigenvalue weighted by atomic mass is 32.1. The molecule has 0 bridgehead atoms. The zero-order valence-electron chi connectivity index (χ0n) is 10.1. The predicted octanol–water partition coefficient (Wildman–Crippen LogP) is 1.82. The van der Waals surface area contributed by atoms with Crippen LogP contribution in [-0.4, -0.2) is 30.9 Å². The number of nitrogens with zero attached hydrogens (tertiary/aromatic N) is 3. The molecule has 0 aliphatic rings. The second kappa shape index (κ2) is 5.41. The molecule has 2 rings (SSSR count). The maximum Gasteiger partial charge on any atom is 0.340 e. The highest BCUT2D eigenvalue weighted by Gasteiger charge is 2.22. The minimum atomic E-state index is -1.11. The number of anilines is 1. The van der Waals surface area contributed by atoms with Crippen molar-refractivity contribution in [1.29, 1.82) is 0 Å². The van der Waals surface area contributed by atoms with Crippen molar-refractivity contribution < 1.29 is 14.7 Å². The standard InChI is InChI=1S/C10H10N4O3S2/c1-3-5-7(18-14-12-5)8(15)11-9-6(10(16)17)4(2)13-19-9/h3H2,1-2H3,(H,11,15)(H,16,17). The van der Waals surface area contributed by atoms with E-state index in [4.69, 9.17) is 5.11 Å². The number of amides is 1. The number of carboxylic acid groups (broad SMARTS) is 1. The van der Waals surface area contributed by atoms with Crippen LogP contribution in [0.15, 0.2) is 0 Å². The first-order valence-electron chi connectivity index (χ1n) is 5.36. The number of carboxylic acids is 1. The molecule has 0 aliphatic carbocycles. The minimum absolute atomic E-state index is 0.0221. The van der Waals surface area contributed by atoms with Crippen LogP contribution in [0.3, 0.4) is 0 Å². The van der Waals surface area contributed by atoms with Crippen molar-refractivity contribution in [2.45, 2.75) is 20.3 Å². The summed E-state index contributed by atoms with van der Waals surface area (Å²) in [4.78, 5) is 23.5. The molecular weight excluding hydrogens is 288 g/mol. The fraction of sp³-hybridized carbons (Fsp3) is 0.300. The number of nitrogens with one attached hydrogen (secondary N) is 1. The molecule has 0 spiro atoms. The molecule has 19 heavy (non-hydrogen) atoms. The monoisotopic (exact) mass is 298 g/mol. The smallest absolute Gasteiger partial charge is 0.340 e. The van der Waals surface area contributed by atoms with Gasteiger partial charge in [-0.25, -0.2) is 4.79 Å². The van der Waals surface area contributed by atoms with Crippen LogP contribution in [-0.2, 0) is 6.42 Å². The third kappa shape index (κ3) is 2.61. The molecule has 2 aromatic heterocycles. The zero-order chi connectivity index (χ0) is 14.0. The van der Waals surface area contributed by atoms with Gasteiger partial charge in [-0.2, -0.15) is 4.37 Å². The van der Waals surface area contributed by atoms with Gasteiger partial charge in [-0.1, -0.05) is 11.4 Å². The topological polar surface area (TPSA) is 105 Å². The first-order valence-corrected chi connectivity index (χ1v) is 6.91. The summed E-state index contributed by atoms with van der Waals surface area (Å²) in [5.74, 6) is -1.52. The molecule has 0 saturated heterocycles. The number of hydrogen-bond acceptors (Lipinski definition) is 7. The summed E-state index contributed by atoms with van der Waals surface area (Å²) in [5, 5.41) is 15.7. The zero-order valence-corrected chi connectivity index (χ0v) is 11.8. The maximum atomic E-state index is 12.0. The summed E-state index contributed by atoms with van der Waals surface area (Å²) in [7, 11) is 0. The van der Waals surface area contributed by atoms with E-state index in [0.29, 0.717) is 22.7 Å². The lowest BCUT2D eigenvalue weighted by molar-refractivity contribution is 0.0697. The van der Waals surface area contributed by atoms with Gasteiger partial charge in [-0.05, 0) is 36.4 Å². The molecule has 0 aliphatic heterocycles. The Labute approximate surface area is 116 Å².